The van der Waals surface area contributed by atoms with Crippen LogP contribution < -0.4 is 14.4 Å². The minimum atomic E-state index is 0.211. The quantitative estimate of drug-likeness (QED) is 0.875. The van der Waals surface area contributed by atoms with E-state index in [0.717, 1.165) is 49.9 Å². The number of methoxy groups -OCH3 is 1. The summed E-state index contributed by atoms with van der Waals surface area (Å²) in [6.07, 6.45) is 3.25. The van der Waals surface area contributed by atoms with E-state index in [9.17, 15) is 5.11 Å². The van der Waals surface area contributed by atoms with Gasteiger partial charge in [-0.05, 0) is 24.3 Å². The Hall–Kier alpha value is -2.47. The predicted molar refractivity (Wildman–Crippen MR) is 93.0 cm³/mol. The molecule has 1 aliphatic rings. The first kappa shape index (κ1) is 16.4. The van der Waals surface area contributed by atoms with Crippen LogP contribution in [0.4, 0.5) is 5.69 Å². The average Bonchev–Trinajstić information content (AvgIpc) is 2.63. The fourth-order valence-electron chi connectivity index (χ4n) is 2.78. The molecule has 0 atom stereocenters. The van der Waals surface area contributed by atoms with Crippen molar-refractivity contribution in [2.45, 2.75) is 0 Å². The second-order valence-corrected chi connectivity index (χ2v) is 5.75. The lowest BCUT2D eigenvalue weighted by Crippen LogP contribution is -2.47. The third-order valence-electron chi connectivity index (χ3n) is 4.18. The zero-order valence-electron chi connectivity index (χ0n) is 13.9. The molecule has 2 aromatic rings. The van der Waals surface area contributed by atoms with Crippen LogP contribution in [0.5, 0.6) is 17.2 Å². The number of hydrogen-bond acceptors (Lipinski definition) is 6. The molecule has 24 heavy (non-hydrogen) atoms. The second kappa shape index (κ2) is 7.88. The molecule has 0 spiro atoms. The Morgan fingerprint density at radius 2 is 1.75 bits per heavy atom. The summed E-state index contributed by atoms with van der Waals surface area (Å²) in [4.78, 5) is 8.67. The van der Waals surface area contributed by atoms with Crippen LogP contribution in [-0.2, 0) is 0 Å². The lowest BCUT2D eigenvalue weighted by Gasteiger charge is -2.35. The summed E-state index contributed by atoms with van der Waals surface area (Å²) in [5.41, 5.74) is 0.976. The topological polar surface area (TPSA) is 58.1 Å². The van der Waals surface area contributed by atoms with Gasteiger partial charge in [-0.3, -0.25) is 9.88 Å². The van der Waals surface area contributed by atoms with Crippen molar-refractivity contribution in [3.8, 4) is 17.2 Å². The van der Waals surface area contributed by atoms with Gasteiger partial charge in [0.2, 0.25) is 0 Å². The Bertz CT molecular complexity index is 640. The van der Waals surface area contributed by atoms with Crippen LogP contribution >= 0.6 is 0 Å². The molecule has 0 bridgehead atoms. The standard InChI is InChI=1S/C18H23N3O3/c1-23-17-2-4-18(5-3-17)24-11-10-20-6-8-21(9-7-20)15-12-16(22)14-19-13-15/h2-5,12-14,22H,6-11H2,1H3. The SMILES string of the molecule is COc1ccc(OCCN2CCN(c3cncc(O)c3)CC2)cc1. The van der Waals surface area contributed by atoms with Crippen molar-refractivity contribution in [1.29, 1.82) is 0 Å². The number of hydrogen-bond donors (Lipinski definition) is 1. The summed E-state index contributed by atoms with van der Waals surface area (Å²) in [7, 11) is 1.66. The first-order valence-electron chi connectivity index (χ1n) is 8.13. The van der Waals surface area contributed by atoms with Crippen LogP contribution in [0.2, 0.25) is 0 Å². The summed E-state index contributed by atoms with van der Waals surface area (Å²) in [6.45, 7) is 5.36. The average molecular weight is 329 g/mol. The molecule has 1 N–H and O–H groups in total. The van der Waals surface area contributed by atoms with Crippen LogP contribution in [0.3, 0.4) is 0 Å². The molecule has 0 amide bonds. The smallest absolute Gasteiger partial charge is 0.135 e. The van der Waals surface area contributed by atoms with Crippen molar-refractivity contribution in [1.82, 2.24) is 9.88 Å². The van der Waals surface area contributed by atoms with E-state index >= 15 is 0 Å². The lowest BCUT2D eigenvalue weighted by molar-refractivity contribution is 0.200. The molecule has 0 aliphatic carbocycles. The molecule has 0 unspecified atom stereocenters. The first-order chi connectivity index (χ1) is 11.7. The third-order valence-corrected chi connectivity index (χ3v) is 4.18. The number of aromatic nitrogens is 1. The molecule has 1 saturated heterocycles. The van der Waals surface area contributed by atoms with Gasteiger partial charge in [-0.25, -0.2) is 0 Å². The molecule has 128 valence electrons. The van der Waals surface area contributed by atoms with Gasteiger partial charge in [0.05, 0.1) is 25.2 Å². The molecule has 1 aliphatic heterocycles. The molecule has 3 rings (SSSR count). The highest BCUT2D eigenvalue weighted by Gasteiger charge is 2.17. The van der Waals surface area contributed by atoms with Crippen LogP contribution in [0, 0.1) is 0 Å². The lowest BCUT2D eigenvalue weighted by atomic mass is 10.2. The van der Waals surface area contributed by atoms with E-state index in [0.29, 0.717) is 6.61 Å². The Balaban J connectivity index is 1.40. The number of anilines is 1. The fraction of sp³-hybridized carbons (Fsp3) is 0.389. The molecule has 1 aromatic heterocycles. The maximum atomic E-state index is 9.53. The second-order valence-electron chi connectivity index (χ2n) is 5.75. The molecule has 1 fully saturated rings. The Labute approximate surface area is 142 Å². The number of piperazine rings is 1. The predicted octanol–water partition coefficient (Wildman–Crippen LogP) is 2.00. The van der Waals surface area contributed by atoms with Crippen LogP contribution in [0.15, 0.2) is 42.7 Å². The number of nitrogens with zero attached hydrogens (tertiary/aromatic N) is 3. The van der Waals surface area contributed by atoms with Crippen LogP contribution in [-0.4, -0.2) is 61.4 Å². The summed E-state index contributed by atoms with van der Waals surface area (Å²) < 4.78 is 10.9. The van der Waals surface area contributed by atoms with Gasteiger partial charge in [0.15, 0.2) is 0 Å². The van der Waals surface area contributed by atoms with Crippen molar-refractivity contribution in [3.63, 3.8) is 0 Å². The van der Waals surface area contributed by atoms with E-state index < -0.39 is 0 Å². The number of ether oxygens (including phenoxy) is 2. The largest absolute Gasteiger partial charge is 0.506 e. The summed E-state index contributed by atoms with van der Waals surface area (Å²) in [5, 5.41) is 9.53. The molecular formula is C18H23N3O3. The number of aromatic hydroxyl groups is 1. The van der Waals surface area contributed by atoms with E-state index in [2.05, 4.69) is 14.8 Å². The Kier molecular flexibility index (Phi) is 5.38. The Morgan fingerprint density at radius 1 is 1.04 bits per heavy atom. The van der Waals surface area contributed by atoms with Crippen molar-refractivity contribution >= 4 is 5.69 Å². The van der Waals surface area contributed by atoms with E-state index in [1.54, 1.807) is 19.4 Å². The first-order valence-corrected chi connectivity index (χ1v) is 8.13. The van der Waals surface area contributed by atoms with E-state index in [-0.39, 0.29) is 5.75 Å². The zero-order chi connectivity index (χ0) is 16.8. The van der Waals surface area contributed by atoms with Gasteiger partial charge >= 0.3 is 0 Å². The van der Waals surface area contributed by atoms with Gasteiger partial charge in [0.25, 0.3) is 0 Å². The van der Waals surface area contributed by atoms with E-state index in [4.69, 9.17) is 9.47 Å². The van der Waals surface area contributed by atoms with Gasteiger partial charge in [-0.2, -0.15) is 0 Å². The molecule has 6 nitrogen and oxygen atoms in total. The molecular weight excluding hydrogens is 306 g/mol. The van der Waals surface area contributed by atoms with Crippen LogP contribution in [0.25, 0.3) is 0 Å². The monoisotopic (exact) mass is 329 g/mol. The molecule has 2 heterocycles. The van der Waals surface area contributed by atoms with Crippen molar-refractivity contribution in [2.75, 3.05) is 51.3 Å². The van der Waals surface area contributed by atoms with E-state index in [1.807, 2.05) is 24.3 Å². The maximum Gasteiger partial charge on any atom is 0.135 e. The highest BCUT2D eigenvalue weighted by Crippen LogP contribution is 2.20. The van der Waals surface area contributed by atoms with Gasteiger partial charge in [0, 0.05) is 38.8 Å². The highest BCUT2D eigenvalue weighted by atomic mass is 16.5. The number of rotatable bonds is 6. The van der Waals surface area contributed by atoms with Crippen molar-refractivity contribution in [3.05, 3.63) is 42.7 Å². The van der Waals surface area contributed by atoms with Crippen molar-refractivity contribution < 1.29 is 14.6 Å². The minimum Gasteiger partial charge on any atom is -0.506 e. The normalized spacial score (nSPS) is 15.3. The van der Waals surface area contributed by atoms with Gasteiger partial charge < -0.3 is 19.5 Å². The summed E-state index contributed by atoms with van der Waals surface area (Å²) >= 11 is 0. The zero-order valence-corrected chi connectivity index (χ0v) is 13.9. The van der Waals surface area contributed by atoms with Gasteiger partial charge in [-0.1, -0.05) is 0 Å². The van der Waals surface area contributed by atoms with Gasteiger partial charge in [0.1, 0.15) is 23.9 Å². The molecule has 6 heteroatoms. The Morgan fingerprint density at radius 3 is 2.42 bits per heavy atom. The molecule has 0 radical (unpaired) electrons. The fourth-order valence-corrected chi connectivity index (χ4v) is 2.78. The highest BCUT2D eigenvalue weighted by molar-refractivity contribution is 5.48. The summed E-state index contributed by atoms with van der Waals surface area (Å²) in [6, 6.07) is 9.40. The maximum absolute atomic E-state index is 9.53. The minimum absolute atomic E-state index is 0.211. The summed E-state index contributed by atoms with van der Waals surface area (Å²) in [5.74, 6) is 1.91. The van der Waals surface area contributed by atoms with Gasteiger partial charge in [-0.15, -0.1) is 0 Å². The molecule has 1 aromatic carbocycles. The third kappa shape index (κ3) is 4.29. The van der Waals surface area contributed by atoms with E-state index in [1.165, 1.54) is 6.20 Å². The number of pyridine rings is 1. The molecule has 0 saturated carbocycles. The number of benzene rings is 1. The van der Waals surface area contributed by atoms with Crippen molar-refractivity contribution in [2.24, 2.45) is 0 Å². The van der Waals surface area contributed by atoms with Crippen LogP contribution in [0.1, 0.15) is 0 Å².